The molecule has 0 saturated heterocycles. The molecule has 0 bridgehead atoms. The third-order valence-corrected chi connectivity index (χ3v) is 4.94. The molecular weight excluding hydrogens is 375 g/mol. The van der Waals surface area contributed by atoms with Crippen LogP contribution in [0.3, 0.4) is 0 Å². The fraction of sp³-hybridized carbons (Fsp3) is 0.250. The molecule has 1 amide bonds. The molecule has 0 fully saturated rings. The number of benzene rings is 1. The van der Waals surface area contributed by atoms with E-state index >= 15 is 0 Å². The van der Waals surface area contributed by atoms with E-state index in [0.29, 0.717) is 5.70 Å². The lowest BCUT2D eigenvalue weighted by molar-refractivity contribution is -0.274. The summed E-state index contributed by atoms with van der Waals surface area (Å²) in [4.78, 5) is 11.5. The Balaban J connectivity index is 0.00000264. The monoisotopic (exact) mass is 387 g/mol. The minimum Gasteiger partial charge on any atom is -0.405 e. The van der Waals surface area contributed by atoms with E-state index in [-0.39, 0.29) is 36.2 Å². The Hall–Kier alpha value is -1.23. The van der Waals surface area contributed by atoms with E-state index in [1.807, 2.05) is 0 Å². The number of nitrogens with zero attached hydrogens (tertiary/aromatic N) is 1. The lowest BCUT2D eigenvalue weighted by Gasteiger charge is -2.12. The molecule has 1 aliphatic rings. The highest BCUT2D eigenvalue weighted by atomic mass is 35.5. The van der Waals surface area contributed by atoms with Gasteiger partial charge in [-0.15, -0.1) is 25.6 Å². The Kier molecular flexibility index (Phi) is 7.39. The topological polar surface area (TPSA) is 62.7 Å². The largest absolute Gasteiger partial charge is 0.573 e. The second-order valence-electron chi connectivity index (χ2n) is 4.04. The van der Waals surface area contributed by atoms with Crippen LogP contribution in [0, 0.1) is 0 Å². The van der Waals surface area contributed by atoms with Gasteiger partial charge in [0.1, 0.15) is 5.75 Å². The van der Waals surface area contributed by atoms with E-state index in [1.165, 1.54) is 29.0 Å². The van der Waals surface area contributed by atoms with Crippen molar-refractivity contribution in [1.29, 1.82) is 0 Å². The van der Waals surface area contributed by atoms with E-state index in [2.05, 4.69) is 19.1 Å². The molecule has 0 spiro atoms. The van der Waals surface area contributed by atoms with Gasteiger partial charge in [-0.05, 0) is 30.0 Å². The molecule has 1 heterocycles. The molecule has 128 valence electrons. The summed E-state index contributed by atoms with van der Waals surface area (Å²) in [7, 11) is 2.02. The van der Waals surface area contributed by atoms with Crippen molar-refractivity contribution in [3.63, 3.8) is 0 Å². The van der Waals surface area contributed by atoms with Crippen LogP contribution >= 0.6 is 23.2 Å². The Morgan fingerprint density at radius 2 is 2.09 bits per heavy atom. The molecule has 0 aromatic heterocycles. The Labute approximate surface area is 143 Å². The van der Waals surface area contributed by atoms with Gasteiger partial charge in [0.25, 0.3) is 0 Å². The number of alkyl halides is 3. The Morgan fingerprint density at radius 3 is 2.74 bits per heavy atom. The number of halogens is 4. The van der Waals surface area contributed by atoms with Gasteiger partial charge in [0.2, 0.25) is 5.91 Å². The van der Waals surface area contributed by atoms with Crippen LogP contribution in [0.25, 0.3) is 5.70 Å². The van der Waals surface area contributed by atoms with Gasteiger partial charge >= 0.3 is 6.36 Å². The maximum atomic E-state index is 12.4. The SMILES string of the molecule is CNCC(=O)NS1=NC(c2ccccc2OC(F)(F)F)=CS1.Cl. The first-order chi connectivity index (χ1) is 10.4. The van der Waals surface area contributed by atoms with Crippen LogP contribution in [0.1, 0.15) is 5.56 Å². The number of likely N-dealkylation sites (N-methyl/N-ethyl adjacent to an activating group) is 1. The van der Waals surface area contributed by atoms with Crippen molar-refractivity contribution < 1.29 is 22.7 Å². The first-order valence-corrected chi connectivity index (χ1v) is 8.59. The van der Waals surface area contributed by atoms with Gasteiger partial charge in [0.05, 0.1) is 22.2 Å². The first-order valence-electron chi connectivity index (χ1n) is 6.02. The number of rotatable bonds is 5. The number of hydrogen-bond acceptors (Lipinski definition) is 5. The fourth-order valence-corrected chi connectivity index (χ4v) is 4.07. The molecule has 1 aromatic carbocycles. The first kappa shape index (κ1) is 19.8. The zero-order valence-electron chi connectivity index (χ0n) is 11.7. The van der Waals surface area contributed by atoms with Crippen molar-refractivity contribution in [2.24, 2.45) is 4.36 Å². The summed E-state index contributed by atoms with van der Waals surface area (Å²) in [6.45, 7) is 0.142. The molecule has 1 atom stereocenters. The summed E-state index contributed by atoms with van der Waals surface area (Å²) in [5.41, 5.74) is 0.572. The Bertz CT molecular complexity index is 638. The molecule has 23 heavy (non-hydrogen) atoms. The highest BCUT2D eigenvalue weighted by Gasteiger charge is 2.32. The highest BCUT2D eigenvalue weighted by Crippen LogP contribution is 2.36. The average Bonchev–Trinajstić information content (AvgIpc) is 2.86. The minimum absolute atomic E-state index is 0. The zero-order valence-corrected chi connectivity index (χ0v) is 14.2. The van der Waals surface area contributed by atoms with Gasteiger partial charge < -0.3 is 10.1 Å². The number of hydrogen-bond donors (Lipinski definition) is 2. The molecule has 1 unspecified atom stereocenters. The van der Waals surface area contributed by atoms with Crippen molar-refractivity contribution >= 4 is 44.7 Å². The van der Waals surface area contributed by atoms with Crippen LogP contribution < -0.4 is 14.8 Å². The summed E-state index contributed by atoms with van der Waals surface area (Å²) >= 11 is 0. The van der Waals surface area contributed by atoms with E-state index < -0.39 is 16.3 Å². The van der Waals surface area contributed by atoms with Gasteiger partial charge in [0, 0.05) is 11.0 Å². The highest BCUT2D eigenvalue weighted by molar-refractivity contribution is 8.71. The second-order valence-corrected chi connectivity index (χ2v) is 6.88. The van der Waals surface area contributed by atoms with Gasteiger partial charge in [0.15, 0.2) is 0 Å². The summed E-state index contributed by atoms with van der Waals surface area (Å²) in [6.07, 6.45) is -4.77. The smallest absolute Gasteiger partial charge is 0.405 e. The van der Waals surface area contributed by atoms with Crippen LogP contribution in [0.2, 0.25) is 0 Å². The van der Waals surface area contributed by atoms with Gasteiger partial charge in [-0.3, -0.25) is 9.52 Å². The quantitative estimate of drug-likeness (QED) is 0.762. The van der Waals surface area contributed by atoms with E-state index in [0.717, 1.165) is 0 Å². The number of para-hydroxylation sites is 1. The molecule has 0 aliphatic carbocycles. The third kappa shape index (κ3) is 6.05. The van der Waals surface area contributed by atoms with Crippen molar-refractivity contribution in [2.45, 2.75) is 6.36 Å². The number of carbonyl (C=O) groups excluding carboxylic acids is 1. The molecule has 0 radical (unpaired) electrons. The molecule has 1 aromatic rings. The molecule has 2 rings (SSSR count). The Morgan fingerprint density at radius 1 is 1.39 bits per heavy atom. The normalized spacial score (nSPS) is 16.9. The summed E-state index contributed by atoms with van der Waals surface area (Å²) < 4.78 is 48.1. The summed E-state index contributed by atoms with van der Waals surface area (Å²) in [6, 6.07) is 5.75. The van der Waals surface area contributed by atoms with Gasteiger partial charge in [-0.2, -0.15) is 4.36 Å². The standard InChI is InChI=1S/C12H12F3N3O2S2.ClH/c1-16-6-11(19)18-22-17-9(7-21-22)8-4-2-3-5-10(8)20-12(13,14)15;/h2-5,7,16H,6H2,1H3,(H,17,18,19);1H. The van der Waals surface area contributed by atoms with Crippen molar-refractivity contribution in [3.05, 3.63) is 35.2 Å². The number of amides is 1. The van der Waals surface area contributed by atoms with Crippen molar-refractivity contribution in [3.8, 4) is 5.75 Å². The van der Waals surface area contributed by atoms with Crippen LogP contribution in [0.5, 0.6) is 5.75 Å². The molecule has 0 saturated carbocycles. The molecular formula is C12H13ClF3N3O2S2. The predicted octanol–water partition coefficient (Wildman–Crippen LogP) is 3.02. The van der Waals surface area contributed by atoms with E-state index in [9.17, 15) is 18.0 Å². The summed E-state index contributed by atoms with van der Waals surface area (Å²) in [5.74, 6) is -0.561. The maximum Gasteiger partial charge on any atom is 0.573 e. The van der Waals surface area contributed by atoms with E-state index in [4.69, 9.17) is 0 Å². The minimum atomic E-state index is -4.77. The predicted molar refractivity (Wildman–Crippen MR) is 87.8 cm³/mol. The fourth-order valence-electron chi connectivity index (χ4n) is 1.57. The van der Waals surface area contributed by atoms with Crippen LogP contribution in [0.4, 0.5) is 13.2 Å². The third-order valence-electron chi connectivity index (χ3n) is 2.36. The van der Waals surface area contributed by atoms with Gasteiger partial charge in [-0.1, -0.05) is 12.1 Å². The maximum absolute atomic E-state index is 12.4. The van der Waals surface area contributed by atoms with Crippen LogP contribution in [-0.4, -0.2) is 25.9 Å². The lowest BCUT2D eigenvalue weighted by Crippen LogP contribution is -2.31. The molecule has 2 N–H and O–H groups in total. The zero-order chi connectivity index (χ0) is 16.2. The summed E-state index contributed by atoms with van der Waals surface area (Å²) in [5, 5.41) is 4.30. The van der Waals surface area contributed by atoms with Gasteiger partial charge in [-0.25, -0.2) is 0 Å². The van der Waals surface area contributed by atoms with Crippen LogP contribution in [-0.2, 0) is 14.7 Å². The van der Waals surface area contributed by atoms with E-state index in [1.54, 1.807) is 18.5 Å². The molecule has 1 aliphatic heterocycles. The number of ether oxygens (including phenoxy) is 1. The molecule has 11 heteroatoms. The average molecular weight is 388 g/mol. The lowest BCUT2D eigenvalue weighted by atomic mass is 10.1. The molecule has 5 nitrogen and oxygen atoms in total. The van der Waals surface area contributed by atoms with Crippen molar-refractivity contribution in [1.82, 2.24) is 10.0 Å². The number of nitrogens with one attached hydrogen (secondary N) is 2. The second kappa shape index (κ2) is 8.57. The van der Waals surface area contributed by atoms with Crippen LogP contribution in [0.15, 0.2) is 34.0 Å². The van der Waals surface area contributed by atoms with Crippen molar-refractivity contribution in [2.75, 3.05) is 13.6 Å². The number of carbonyl (C=O) groups is 1.